The van der Waals surface area contributed by atoms with Crippen LogP contribution in [0.15, 0.2) is 0 Å². The Morgan fingerprint density at radius 1 is 1.08 bits per heavy atom. The number of hydrogen-bond donors (Lipinski definition) is 2. The molecule has 146 valence electrons. The summed E-state index contributed by atoms with van der Waals surface area (Å²) in [6.07, 6.45) is 8.00. The van der Waals surface area contributed by atoms with E-state index in [4.69, 9.17) is 10.6 Å². The van der Waals surface area contributed by atoms with Gasteiger partial charge < -0.3 is 5.73 Å². The SMILES string of the molecule is C[C@]12CCC(NOCCN)C(=O)C1CC[C@@H]1[C@@H]2CC[C@]2(C)C(=O)CC[C@@H]12. The molecule has 4 fully saturated rings. The number of nitrogens with one attached hydrogen (secondary N) is 1. The van der Waals surface area contributed by atoms with Crippen molar-refractivity contribution in [1.29, 1.82) is 0 Å². The van der Waals surface area contributed by atoms with Crippen LogP contribution in [-0.2, 0) is 14.4 Å². The molecule has 0 radical (unpaired) electrons. The molecule has 0 saturated heterocycles. The van der Waals surface area contributed by atoms with Gasteiger partial charge in [-0.1, -0.05) is 13.8 Å². The Hall–Kier alpha value is -0.780. The summed E-state index contributed by atoms with van der Waals surface area (Å²) in [7, 11) is 0. The first kappa shape index (κ1) is 18.6. The summed E-state index contributed by atoms with van der Waals surface area (Å²) < 4.78 is 0. The van der Waals surface area contributed by atoms with Gasteiger partial charge in [-0.15, -0.1) is 0 Å². The summed E-state index contributed by atoms with van der Waals surface area (Å²) in [5.74, 6) is 2.75. The molecule has 0 aromatic carbocycles. The molecule has 4 aliphatic carbocycles. The van der Waals surface area contributed by atoms with Crippen molar-refractivity contribution in [2.75, 3.05) is 13.2 Å². The molecule has 0 spiro atoms. The molecule has 0 aliphatic heterocycles. The second-order valence-corrected chi connectivity index (χ2v) is 9.68. The summed E-state index contributed by atoms with van der Waals surface area (Å²) in [5.41, 5.74) is 8.45. The Labute approximate surface area is 156 Å². The molecule has 0 bridgehead atoms. The lowest BCUT2D eigenvalue weighted by Gasteiger charge is -2.59. The van der Waals surface area contributed by atoms with Crippen molar-refractivity contribution in [2.24, 2.45) is 40.2 Å². The van der Waals surface area contributed by atoms with Crippen LogP contribution in [-0.4, -0.2) is 30.8 Å². The van der Waals surface area contributed by atoms with E-state index in [9.17, 15) is 9.59 Å². The number of carbonyl (C=O) groups excluding carboxylic acids is 2. The van der Waals surface area contributed by atoms with Crippen LogP contribution < -0.4 is 11.2 Å². The molecule has 4 rings (SSSR count). The third kappa shape index (κ3) is 2.61. The van der Waals surface area contributed by atoms with Crippen molar-refractivity contribution in [3.63, 3.8) is 0 Å². The van der Waals surface area contributed by atoms with Gasteiger partial charge in [0.25, 0.3) is 0 Å². The first-order chi connectivity index (χ1) is 12.4. The number of carbonyl (C=O) groups is 2. The largest absolute Gasteiger partial charge is 0.328 e. The topological polar surface area (TPSA) is 81.4 Å². The molecular formula is C21H34N2O3. The van der Waals surface area contributed by atoms with Gasteiger partial charge in [0, 0.05) is 24.3 Å². The van der Waals surface area contributed by atoms with Gasteiger partial charge in [0.05, 0.1) is 12.6 Å². The van der Waals surface area contributed by atoms with Crippen molar-refractivity contribution in [3.8, 4) is 0 Å². The number of Topliss-reactive ketones (excluding diaryl/α,β-unsaturated/α-hetero) is 2. The Kier molecular flexibility index (Phi) is 4.77. The minimum atomic E-state index is -0.182. The zero-order chi connectivity index (χ0) is 18.5. The van der Waals surface area contributed by atoms with Gasteiger partial charge in [-0.05, 0) is 68.1 Å². The fourth-order valence-electron chi connectivity index (χ4n) is 7.23. The number of rotatable bonds is 4. The number of ketones is 2. The quantitative estimate of drug-likeness (QED) is 0.593. The second kappa shape index (κ2) is 6.68. The Morgan fingerprint density at radius 3 is 2.65 bits per heavy atom. The monoisotopic (exact) mass is 362 g/mol. The molecule has 26 heavy (non-hydrogen) atoms. The molecule has 0 heterocycles. The second-order valence-electron chi connectivity index (χ2n) is 9.68. The van der Waals surface area contributed by atoms with Gasteiger partial charge in [-0.25, -0.2) is 0 Å². The first-order valence-electron chi connectivity index (χ1n) is 10.6. The summed E-state index contributed by atoms with van der Waals surface area (Å²) >= 11 is 0. The number of fused-ring (bicyclic) bond motifs is 5. The van der Waals surface area contributed by atoms with Crippen LogP contribution in [0.2, 0.25) is 0 Å². The molecule has 4 saturated carbocycles. The standard InChI is InChI=1S/C21H34N2O3/c1-20-10-8-17(23-26-12-11-22)19(25)16(20)4-3-13-14-5-6-18(24)21(14,2)9-7-15(13)20/h13-17,23H,3-12,22H2,1-2H3/t13-,14-,15-,16?,17?,20+,21-/m0/s1. The molecule has 0 aromatic rings. The van der Waals surface area contributed by atoms with Gasteiger partial charge in [0.2, 0.25) is 0 Å². The van der Waals surface area contributed by atoms with Crippen LogP contribution in [0.1, 0.15) is 65.2 Å². The van der Waals surface area contributed by atoms with Crippen LogP contribution in [0.3, 0.4) is 0 Å². The minimum Gasteiger partial charge on any atom is -0.328 e. The molecule has 0 aromatic heterocycles. The van der Waals surface area contributed by atoms with Gasteiger partial charge in [0.15, 0.2) is 5.78 Å². The summed E-state index contributed by atoms with van der Waals surface area (Å²) in [6.45, 7) is 5.48. The van der Waals surface area contributed by atoms with Crippen LogP contribution in [0.4, 0.5) is 0 Å². The molecule has 4 aliphatic rings. The lowest BCUT2D eigenvalue weighted by molar-refractivity contribution is -0.158. The zero-order valence-electron chi connectivity index (χ0n) is 16.3. The van der Waals surface area contributed by atoms with Gasteiger partial charge in [-0.3, -0.25) is 14.4 Å². The third-order valence-corrected chi connectivity index (χ3v) is 8.68. The summed E-state index contributed by atoms with van der Waals surface area (Å²) in [4.78, 5) is 31.0. The Balaban J connectivity index is 1.52. The predicted molar refractivity (Wildman–Crippen MR) is 99.1 cm³/mol. The summed E-state index contributed by atoms with van der Waals surface area (Å²) in [6, 6.07) is -0.182. The average molecular weight is 363 g/mol. The highest BCUT2D eigenvalue weighted by atomic mass is 16.6. The first-order valence-corrected chi connectivity index (χ1v) is 10.6. The highest BCUT2D eigenvalue weighted by Gasteiger charge is 2.61. The predicted octanol–water partition coefficient (Wildman–Crippen LogP) is 2.63. The van der Waals surface area contributed by atoms with Crippen molar-refractivity contribution in [3.05, 3.63) is 0 Å². The third-order valence-electron chi connectivity index (χ3n) is 8.68. The Bertz CT molecular complexity index is 594. The highest BCUT2D eigenvalue weighted by Crippen LogP contribution is 2.64. The maximum Gasteiger partial charge on any atom is 0.155 e. The zero-order valence-corrected chi connectivity index (χ0v) is 16.3. The molecule has 0 amide bonds. The lowest BCUT2D eigenvalue weighted by Crippen LogP contribution is -2.59. The van der Waals surface area contributed by atoms with Crippen molar-refractivity contribution < 1.29 is 14.4 Å². The van der Waals surface area contributed by atoms with Crippen molar-refractivity contribution in [2.45, 2.75) is 71.3 Å². The van der Waals surface area contributed by atoms with Crippen molar-refractivity contribution >= 4 is 11.6 Å². The van der Waals surface area contributed by atoms with Gasteiger partial charge >= 0.3 is 0 Å². The smallest absolute Gasteiger partial charge is 0.155 e. The number of hydrogen-bond acceptors (Lipinski definition) is 5. The average Bonchev–Trinajstić information content (AvgIpc) is 2.92. The number of hydroxylamine groups is 1. The van der Waals surface area contributed by atoms with Crippen LogP contribution >= 0.6 is 0 Å². The molecule has 2 unspecified atom stereocenters. The fourth-order valence-corrected chi connectivity index (χ4v) is 7.23. The normalized spacial score (nSPS) is 48.0. The van der Waals surface area contributed by atoms with E-state index in [1.54, 1.807) is 0 Å². The maximum atomic E-state index is 13.1. The Morgan fingerprint density at radius 2 is 1.88 bits per heavy atom. The van der Waals surface area contributed by atoms with E-state index in [-0.39, 0.29) is 22.8 Å². The van der Waals surface area contributed by atoms with E-state index in [1.807, 2.05) is 0 Å². The van der Waals surface area contributed by atoms with Gasteiger partial charge in [0.1, 0.15) is 5.78 Å². The summed E-state index contributed by atoms with van der Waals surface area (Å²) in [5, 5.41) is 0. The van der Waals surface area contributed by atoms with E-state index in [0.717, 1.165) is 51.4 Å². The number of nitrogens with two attached hydrogens (primary N) is 1. The van der Waals surface area contributed by atoms with Crippen LogP contribution in [0, 0.1) is 34.5 Å². The molecule has 3 N–H and O–H groups in total. The van der Waals surface area contributed by atoms with Crippen molar-refractivity contribution in [1.82, 2.24) is 5.48 Å². The molecule has 5 nitrogen and oxygen atoms in total. The van der Waals surface area contributed by atoms with E-state index in [1.165, 1.54) is 0 Å². The molecular weight excluding hydrogens is 328 g/mol. The van der Waals surface area contributed by atoms with Crippen LogP contribution in [0.25, 0.3) is 0 Å². The molecule has 7 atom stereocenters. The lowest BCUT2D eigenvalue weighted by atomic mass is 9.45. The minimum absolute atomic E-state index is 0.0802. The van der Waals surface area contributed by atoms with E-state index in [0.29, 0.717) is 42.5 Å². The highest BCUT2D eigenvalue weighted by molar-refractivity contribution is 5.88. The van der Waals surface area contributed by atoms with Gasteiger partial charge in [-0.2, -0.15) is 5.48 Å². The van der Waals surface area contributed by atoms with E-state index < -0.39 is 0 Å². The van der Waals surface area contributed by atoms with Crippen LogP contribution in [0.5, 0.6) is 0 Å². The fraction of sp³-hybridized carbons (Fsp3) is 0.905. The maximum absolute atomic E-state index is 13.1. The van der Waals surface area contributed by atoms with E-state index in [2.05, 4.69) is 19.3 Å². The van der Waals surface area contributed by atoms with E-state index >= 15 is 0 Å². The molecule has 5 heteroatoms.